The van der Waals surface area contributed by atoms with Gasteiger partial charge in [-0.25, -0.2) is 0 Å². The number of nitrogens with two attached hydrogens (primary N) is 1. The molecular formula is C14H15Cl3N2O. The summed E-state index contributed by atoms with van der Waals surface area (Å²) in [6, 6.07) is 7.57. The van der Waals surface area contributed by atoms with Crippen molar-refractivity contribution in [2.45, 2.75) is 13.1 Å². The highest BCUT2D eigenvalue weighted by molar-refractivity contribution is 6.35. The third-order valence-electron chi connectivity index (χ3n) is 2.78. The van der Waals surface area contributed by atoms with Gasteiger partial charge in [-0.15, -0.1) is 0 Å². The van der Waals surface area contributed by atoms with E-state index in [1.54, 1.807) is 25.6 Å². The summed E-state index contributed by atoms with van der Waals surface area (Å²) in [7, 11) is 1.61. The summed E-state index contributed by atoms with van der Waals surface area (Å²) in [6.45, 7) is 1.63. The van der Waals surface area contributed by atoms with Gasteiger partial charge in [0.25, 0.3) is 0 Å². The topological polar surface area (TPSA) is 38.7 Å². The van der Waals surface area contributed by atoms with E-state index in [1.807, 2.05) is 18.2 Å². The van der Waals surface area contributed by atoms with Crippen molar-refractivity contribution in [3.8, 4) is 5.75 Å². The maximum atomic E-state index is 6.10. The van der Waals surface area contributed by atoms with Crippen LogP contribution >= 0.6 is 23.2 Å². The summed E-state index contributed by atoms with van der Waals surface area (Å²) >= 11 is 12.1. The van der Waals surface area contributed by atoms with Crippen LogP contribution in [0.5, 0.6) is 5.75 Å². The van der Waals surface area contributed by atoms with Crippen molar-refractivity contribution in [2.75, 3.05) is 7.11 Å². The second-order valence-electron chi connectivity index (χ2n) is 4.13. The molecule has 0 radical (unpaired) electrons. The zero-order chi connectivity index (χ0) is 13.7. The second-order valence-corrected chi connectivity index (χ2v) is 4.98. The lowest BCUT2D eigenvalue weighted by molar-refractivity contribution is -0.686. The van der Waals surface area contributed by atoms with Crippen LogP contribution in [-0.2, 0) is 13.1 Å². The molecule has 0 saturated carbocycles. The lowest BCUT2D eigenvalue weighted by Crippen LogP contribution is -3.00. The van der Waals surface area contributed by atoms with E-state index < -0.39 is 0 Å². The van der Waals surface area contributed by atoms with Gasteiger partial charge in [0, 0.05) is 23.0 Å². The van der Waals surface area contributed by atoms with Crippen molar-refractivity contribution >= 4 is 23.2 Å². The molecule has 108 valence electrons. The Labute approximate surface area is 134 Å². The summed E-state index contributed by atoms with van der Waals surface area (Å²) in [5, 5.41) is 3.33. The minimum atomic E-state index is 0. The van der Waals surface area contributed by atoms with Crippen LogP contribution in [0.25, 0.3) is 0 Å². The molecule has 3 nitrogen and oxygen atoms in total. The molecule has 20 heavy (non-hydrogen) atoms. The van der Waals surface area contributed by atoms with Gasteiger partial charge in [0.15, 0.2) is 0 Å². The van der Waals surface area contributed by atoms with Gasteiger partial charge in [0.1, 0.15) is 18.8 Å². The van der Waals surface area contributed by atoms with E-state index in [0.29, 0.717) is 15.8 Å². The zero-order valence-electron chi connectivity index (χ0n) is 10.9. The van der Waals surface area contributed by atoms with Crippen LogP contribution in [0.2, 0.25) is 10.0 Å². The Balaban J connectivity index is 0.00000200. The minimum Gasteiger partial charge on any atom is -1.00 e. The summed E-state index contributed by atoms with van der Waals surface area (Å²) < 4.78 is 5.31. The molecule has 1 aromatic heterocycles. The van der Waals surface area contributed by atoms with Gasteiger partial charge in [-0.1, -0.05) is 23.2 Å². The van der Waals surface area contributed by atoms with Crippen LogP contribution in [0.15, 0.2) is 36.7 Å². The number of ether oxygens (including phenoxy) is 1. The third kappa shape index (κ3) is 4.53. The first-order valence-electron chi connectivity index (χ1n) is 5.93. The molecule has 1 aromatic carbocycles. The molecular weight excluding hydrogens is 319 g/mol. The number of quaternary nitrogens is 1. The Kier molecular flexibility index (Phi) is 7.10. The van der Waals surface area contributed by atoms with Gasteiger partial charge < -0.3 is 22.5 Å². The molecule has 0 fully saturated rings. The van der Waals surface area contributed by atoms with Gasteiger partial charge in [-0.2, -0.15) is 0 Å². The molecule has 0 unspecified atom stereocenters. The Morgan fingerprint density at radius 3 is 2.50 bits per heavy atom. The van der Waals surface area contributed by atoms with Crippen molar-refractivity contribution in [1.29, 1.82) is 0 Å². The fourth-order valence-corrected chi connectivity index (χ4v) is 2.52. The highest BCUT2D eigenvalue weighted by Gasteiger charge is 2.11. The number of nitrogens with zero attached hydrogens (tertiary/aromatic N) is 1. The monoisotopic (exact) mass is 332 g/mol. The third-order valence-corrected chi connectivity index (χ3v) is 3.28. The SMILES string of the molecule is COc1c(Cl)cc(Cl)cc1C[NH2+]Cc1ccncc1.[Cl-]. The molecule has 6 heteroatoms. The molecule has 0 aliphatic carbocycles. The standard InChI is InChI=1S/C14H14Cl2N2O.ClH/c1-19-14-11(6-12(15)7-13(14)16)9-18-8-10-2-4-17-5-3-10;/h2-7,18H,8-9H2,1H3;1H. The Morgan fingerprint density at radius 2 is 1.85 bits per heavy atom. The summed E-state index contributed by atoms with van der Waals surface area (Å²) in [4.78, 5) is 3.99. The average Bonchev–Trinajstić information content (AvgIpc) is 2.39. The van der Waals surface area contributed by atoms with Crippen molar-refractivity contribution < 1.29 is 22.5 Å². The molecule has 0 aliphatic rings. The average molecular weight is 334 g/mol. The predicted octanol–water partition coefficient (Wildman–Crippen LogP) is -0.335. The molecule has 0 bridgehead atoms. The van der Waals surface area contributed by atoms with E-state index in [2.05, 4.69) is 10.3 Å². The van der Waals surface area contributed by atoms with Gasteiger partial charge in [-0.3, -0.25) is 4.98 Å². The van der Waals surface area contributed by atoms with Gasteiger partial charge in [-0.05, 0) is 24.3 Å². The number of hydrogen-bond donors (Lipinski definition) is 1. The number of rotatable bonds is 5. The van der Waals surface area contributed by atoms with E-state index in [1.165, 1.54) is 5.56 Å². The number of hydrogen-bond acceptors (Lipinski definition) is 2. The van der Waals surface area contributed by atoms with Crippen LogP contribution in [0.3, 0.4) is 0 Å². The van der Waals surface area contributed by atoms with E-state index in [4.69, 9.17) is 27.9 Å². The van der Waals surface area contributed by atoms with Crippen LogP contribution < -0.4 is 22.5 Å². The fraction of sp³-hybridized carbons (Fsp3) is 0.214. The van der Waals surface area contributed by atoms with Gasteiger partial charge >= 0.3 is 0 Å². The summed E-state index contributed by atoms with van der Waals surface area (Å²) in [5.74, 6) is 0.692. The van der Waals surface area contributed by atoms with Crippen molar-refractivity contribution in [3.05, 3.63) is 57.8 Å². The zero-order valence-corrected chi connectivity index (χ0v) is 13.2. The van der Waals surface area contributed by atoms with E-state index in [-0.39, 0.29) is 12.4 Å². The largest absolute Gasteiger partial charge is 1.00 e. The molecule has 0 atom stereocenters. The highest BCUT2D eigenvalue weighted by atomic mass is 35.5. The number of halogens is 3. The molecule has 0 aliphatic heterocycles. The van der Waals surface area contributed by atoms with Crippen LogP contribution in [0, 0.1) is 0 Å². The van der Waals surface area contributed by atoms with E-state index in [9.17, 15) is 0 Å². The second kappa shape index (κ2) is 8.32. The Hall–Kier alpha value is -1.00. The van der Waals surface area contributed by atoms with Crippen LogP contribution in [-0.4, -0.2) is 12.1 Å². The minimum absolute atomic E-state index is 0. The normalized spacial score (nSPS) is 9.95. The highest BCUT2D eigenvalue weighted by Crippen LogP contribution is 2.31. The number of methoxy groups -OCH3 is 1. The molecule has 2 aromatic rings. The fourth-order valence-electron chi connectivity index (χ4n) is 1.91. The molecule has 0 spiro atoms. The molecule has 0 amide bonds. The van der Waals surface area contributed by atoms with Crippen molar-refractivity contribution in [1.82, 2.24) is 4.98 Å². The predicted molar refractivity (Wildman–Crippen MR) is 76.6 cm³/mol. The Morgan fingerprint density at radius 1 is 1.15 bits per heavy atom. The Bertz CT molecular complexity index is 550. The van der Waals surface area contributed by atoms with E-state index >= 15 is 0 Å². The lowest BCUT2D eigenvalue weighted by Gasteiger charge is -2.10. The number of pyridine rings is 1. The van der Waals surface area contributed by atoms with Crippen LogP contribution in [0.1, 0.15) is 11.1 Å². The maximum absolute atomic E-state index is 6.10. The summed E-state index contributed by atoms with van der Waals surface area (Å²) in [6.07, 6.45) is 3.58. The van der Waals surface area contributed by atoms with Gasteiger partial charge in [0.05, 0.1) is 17.7 Å². The van der Waals surface area contributed by atoms with Crippen LogP contribution in [0.4, 0.5) is 0 Å². The maximum Gasteiger partial charge on any atom is 0.146 e. The number of aromatic nitrogens is 1. The van der Waals surface area contributed by atoms with Gasteiger partial charge in [0.2, 0.25) is 0 Å². The first-order valence-corrected chi connectivity index (χ1v) is 6.68. The molecule has 0 saturated heterocycles. The van der Waals surface area contributed by atoms with E-state index in [0.717, 1.165) is 18.7 Å². The first-order chi connectivity index (χ1) is 9.20. The first kappa shape index (κ1) is 17.1. The smallest absolute Gasteiger partial charge is 0.146 e. The molecule has 2 N–H and O–H groups in total. The lowest BCUT2D eigenvalue weighted by atomic mass is 10.2. The quantitative estimate of drug-likeness (QED) is 0.813. The number of benzene rings is 1. The molecule has 1 heterocycles. The summed E-state index contributed by atoms with van der Waals surface area (Å²) in [5.41, 5.74) is 2.22. The van der Waals surface area contributed by atoms with Crippen molar-refractivity contribution in [2.24, 2.45) is 0 Å². The van der Waals surface area contributed by atoms with Crippen molar-refractivity contribution in [3.63, 3.8) is 0 Å². The molecule has 2 rings (SSSR count).